The Bertz CT molecular complexity index is 615. The van der Waals surface area contributed by atoms with E-state index in [9.17, 15) is 19.8 Å². The molecule has 0 aromatic heterocycles. The van der Waals surface area contributed by atoms with Crippen LogP contribution >= 0.6 is 0 Å². The van der Waals surface area contributed by atoms with E-state index < -0.39 is 11.7 Å². The topological polar surface area (TPSA) is 74.6 Å². The summed E-state index contributed by atoms with van der Waals surface area (Å²) in [5.41, 5.74) is -1.55. The lowest BCUT2D eigenvalue weighted by Gasteiger charge is -2.61. The van der Waals surface area contributed by atoms with Crippen molar-refractivity contribution in [3.05, 3.63) is 0 Å². The van der Waals surface area contributed by atoms with E-state index in [4.69, 9.17) is 0 Å². The van der Waals surface area contributed by atoms with Crippen molar-refractivity contribution in [2.45, 2.75) is 83.8 Å². The van der Waals surface area contributed by atoms with Crippen molar-refractivity contribution >= 4 is 11.6 Å². The van der Waals surface area contributed by atoms with E-state index >= 15 is 0 Å². The lowest BCUT2D eigenvalue weighted by atomic mass is 9.43. The van der Waals surface area contributed by atoms with Crippen LogP contribution in [0.2, 0.25) is 0 Å². The van der Waals surface area contributed by atoms with Crippen molar-refractivity contribution in [3.63, 3.8) is 0 Å². The number of rotatable bonds is 1. The Morgan fingerprint density at radius 3 is 2.44 bits per heavy atom. The first kappa shape index (κ1) is 17.7. The molecule has 0 aromatic rings. The van der Waals surface area contributed by atoms with E-state index in [1.807, 2.05) is 0 Å². The highest BCUT2D eigenvalue weighted by molar-refractivity contribution is 5.86. The van der Waals surface area contributed by atoms with Gasteiger partial charge in [-0.3, -0.25) is 9.59 Å². The fourth-order valence-corrected chi connectivity index (χ4v) is 7.68. The summed E-state index contributed by atoms with van der Waals surface area (Å²) in [6.07, 6.45) is 5.66. The summed E-state index contributed by atoms with van der Waals surface area (Å²) < 4.78 is 0. The van der Waals surface area contributed by atoms with Crippen LogP contribution in [0, 0.1) is 34.5 Å². The first-order valence-corrected chi connectivity index (χ1v) is 10.1. The van der Waals surface area contributed by atoms with Crippen molar-refractivity contribution < 1.29 is 19.8 Å². The normalized spacial score (nSPS) is 55.2. The molecule has 0 unspecified atom stereocenters. The van der Waals surface area contributed by atoms with Crippen molar-refractivity contribution in [2.24, 2.45) is 34.5 Å². The molecule has 0 aromatic carbocycles. The van der Waals surface area contributed by atoms with Gasteiger partial charge in [0.15, 0.2) is 5.78 Å². The minimum absolute atomic E-state index is 0.0223. The molecule has 4 aliphatic carbocycles. The minimum Gasteiger partial charge on any atom is -0.393 e. The van der Waals surface area contributed by atoms with Crippen LogP contribution in [0.4, 0.5) is 0 Å². The zero-order valence-corrected chi connectivity index (χ0v) is 15.8. The average molecular weight is 348 g/mol. The molecule has 4 aliphatic rings. The second-order valence-corrected chi connectivity index (χ2v) is 9.95. The Morgan fingerprint density at radius 2 is 1.76 bits per heavy atom. The van der Waals surface area contributed by atoms with Crippen LogP contribution in [0.25, 0.3) is 0 Å². The molecule has 8 atom stereocenters. The van der Waals surface area contributed by atoms with Crippen molar-refractivity contribution in [1.82, 2.24) is 0 Å². The third-order valence-corrected chi connectivity index (χ3v) is 9.23. The predicted octanol–water partition coefficient (Wildman–Crippen LogP) is 2.89. The number of Topliss-reactive ketones (excluding diaryl/α,β-unsaturated/α-hetero) is 2. The molecule has 0 aliphatic heterocycles. The molecular weight excluding hydrogens is 316 g/mol. The molecule has 0 bridgehead atoms. The van der Waals surface area contributed by atoms with Gasteiger partial charge in [0.25, 0.3) is 0 Å². The van der Waals surface area contributed by atoms with Crippen LogP contribution in [0.15, 0.2) is 0 Å². The highest BCUT2D eigenvalue weighted by atomic mass is 16.3. The van der Waals surface area contributed by atoms with E-state index in [0.29, 0.717) is 42.8 Å². The fraction of sp³-hybridized carbons (Fsp3) is 0.905. The summed E-state index contributed by atoms with van der Waals surface area (Å²) >= 11 is 0. The second-order valence-electron chi connectivity index (χ2n) is 9.95. The van der Waals surface area contributed by atoms with Gasteiger partial charge in [-0.05, 0) is 74.5 Å². The average Bonchev–Trinajstić information content (AvgIpc) is 2.83. The van der Waals surface area contributed by atoms with Crippen LogP contribution in [0.5, 0.6) is 0 Å². The third kappa shape index (κ3) is 2.13. The molecule has 0 amide bonds. The van der Waals surface area contributed by atoms with Gasteiger partial charge in [0, 0.05) is 18.3 Å². The van der Waals surface area contributed by atoms with Crippen molar-refractivity contribution in [2.75, 3.05) is 0 Å². The van der Waals surface area contributed by atoms with E-state index in [1.165, 1.54) is 6.92 Å². The highest BCUT2D eigenvalue weighted by Crippen LogP contribution is 2.68. The Hall–Kier alpha value is -0.740. The number of ketones is 2. The molecular formula is C21H32O4. The van der Waals surface area contributed by atoms with Gasteiger partial charge in [0.1, 0.15) is 11.4 Å². The molecule has 4 rings (SSSR count). The summed E-state index contributed by atoms with van der Waals surface area (Å²) in [5.74, 6) is 1.45. The van der Waals surface area contributed by atoms with Gasteiger partial charge in [0.05, 0.1) is 6.10 Å². The molecule has 0 saturated heterocycles. The van der Waals surface area contributed by atoms with Crippen LogP contribution in [-0.2, 0) is 9.59 Å². The smallest absolute Gasteiger partial charge is 0.161 e. The largest absolute Gasteiger partial charge is 0.393 e. The van der Waals surface area contributed by atoms with Crippen LogP contribution in [-0.4, -0.2) is 33.5 Å². The molecule has 0 spiro atoms. The van der Waals surface area contributed by atoms with Gasteiger partial charge in [0.2, 0.25) is 0 Å². The monoisotopic (exact) mass is 348 g/mol. The maximum atomic E-state index is 12.2. The number of carbonyl (C=O) groups is 2. The number of carbonyl (C=O) groups excluding carboxylic acids is 2. The van der Waals surface area contributed by atoms with Gasteiger partial charge >= 0.3 is 0 Å². The lowest BCUT2D eigenvalue weighted by molar-refractivity contribution is -0.184. The van der Waals surface area contributed by atoms with Crippen molar-refractivity contribution in [3.8, 4) is 0 Å². The quantitative estimate of drug-likeness (QED) is 0.764. The maximum Gasteiger partial charge on any atom is 0.161 e. The van der Waals surface area contributed by atoms with Gasteiger partial charge in [-0.2, -0.15) is 0 Å². The van der Waals surface area contributed by atoms with E-state index in [0.717, 1.165) is 32.1 Å². The number of aliphatic hydroxyl groups is 2. The summed E-state index contributed by atoms with van der Waals surface area (Å²) in [5, 5.41) is 22.0. The molecule has 4 saturated carbocycles. The molecule has 140 valence electrons. The number of aliphatic hydroxyl groups excluding tert-OH is 1. The Labute approximate surface area is 150 Å². The molecule has 0 radical (unpaired) electrons. The van der Waals surface area contributed by atoms with E-state index in [-0.39, 0.29) is 22.5 Å². The summed E-state index contributed by atoms with van der Waals surface area (Å²) in [4.78, 5) is 24.2. The third-order valence-electron chi connectivity index (χ3n) is 9.23. The van der Waals surface area contributed by atoms with Gasteiger partial charge in [-0.15, -0.1) is 0 Å². The number of hydrogen-bond acceptors (Lipinski definition) is 4. The Kier molecular flexibility index (Phi) is 3.81. The SMILES string of the molecule is CC(=O)[C@@]1(O)CC[C@H]2[C@@H]3C[C@H](O)[C@H]4CC(=O)CC[C@]4(C)[C@@H]3CC[C@@]21C. The van der Waals surface area contributed by atoms with Gasteiger partial charge in [-0.1, -0.05) is 13.8 Å². The predicted molar refractivity (Wildman–Crippen MR) is 93.8 cm³/mol. The molecule has 4 heteroatoms. The fourth-order valence-electron chi connectivity index (χ4n) is 7.68. The Balaban J connectivity index is 1.69. The summed E-state index contributed by atoms with van der Waals surface area (Å²) in [7, 11) is 0. The highest BCUT2D eigenvalue weighted by Gasteiger charge is 2.67. The van der Waals surface area contributed by atoms with Crippen LogP contribution < -0.4 is 0 Å². The standard InChI is InChI=1S/C21H32O4/c1-12(22)21(25)9-6-16-14-11-18(24)17-10-13(23)4-7-19(17,2)15(14)5-8-20(16,21)3/h14-18,24-25H,4-11H2,1-3H3/t14-,15-,16+,17-,18+,19-,20+,21+/m1/s1. The lowest BCUT2D eigenvalue weighted by Crippen LogP contribution is -2.60. The van der Waals surface area contributed by atoms with Crippen LogP contribution in [0.3, 0.4) is 0 Å². The minimum atomic E-state index is -1.20. The zero-order valence-electron chi connectivity index (χ0n) is 15.8. The van der Waals surface area contributed by atoms with E-state index in [2.05, 4.69) is 13.8 Å². The first-order chi connectivity index (χ1) is 11.6. The first-order valence-electron chi connectivity index (χ1n) is 10.1. The summed E-state index contributed by atoms with van der Waals surface area (Å²) in [6, 6.07) is 0. The Morgan fingerprint density at radius 1 is 1.08 bits per heavy atom. The number of fused-ring (bicyclic) bond motifs is 5. The second kappa shape index (κ2) is 5.39. The van der Waals surface area contributed by atoms with Crippen LogP contribution in [0.1, 0.15) is 72.1 Å². The van der Waals surface area contributed by atoms with Gasteiger partial charge in [-0.25, -0.2) is 0 Å². The summed E-state index contributed by atoms with van der Waals surface area (Å²) in [6.45, 7) is 5.92. The van der Waals surface area contributed by atoms with E-state index in [1.54, 1.807) is 0 Å². The molecule has 4 fully saturated rings. The zero-order chi connectivity index (χ0) is 18.2. The van der Waals surface area contributed by atoms with Crippen molar-refractivity contribution in [1.29, 1.82) is 0 Å². The molecule has 25 heavy (non-hydrogen) atoms. The number of hydrogen-bond donors (Lipinski definition) is 2. The molecule has 2 N–H and O–H groups in total. The van der Waals surface area contributed by atoms with Gasteiger partial charge < -0.3 is 10.2 Å². The molecule has 4 nitrogen and oxygen atoms in total. The maximum absolute atomic E-state index is 12.2. The molecule has 0 heterocycles.